The second-order valence-corrected chi connectivity index (χ2v) is 6.48. The van der Waals surface area contributed by atoms with Crippen molar-refractivity contribution in [3.8, 4) is 0 Å². The van der Waals surface area contributed by atoms with Crippen LogP contribution in [0.4, 0.5) is 5.69 Å². The third-order valence-corrected chi connectivity index (χ3v) is 3.91. The molecule has 118 valence electrons. The van der Waals surface area contributed by atoms with Gasteiger partial charge in [-0.3, -0.25) is 4.79 Å². The zero-order valence-corrected chi connectivity index (χ0v) is 14.1. The Labute approximate surface area is 129 Å². The second-order valence-electron chi connectivity index (χ2n) is 6.48. The van der Waals surface area contributed by atoms with Crippen LogP contribution in [0.5, 0.6) is 0 Å². The summed E-state index contributed by atoms with van der Waals surface area (Å²) in [6, 6.07) is 6.37. The number of carbonyl (C=O) groups excluding carboxylic acids is 1. The predicted octanol–water partition coefficient (Wildman–Crippen LogP) is 4.25. The van der Waals surface area contributed by atoms with Gasteiger partial charge in [0, 0.05) is 11.6 Å². The summed E-state index contributed by atoms with van der Waals surface area (Å²) in [5.41, 5.74) is 8.97. The number of anilines is 1. The van der Waals surface area contributed by atoms with Gasteiger partial charge < -0.3 is 11.1 Å². The molecule has 1 atom stereocenters. The number of hydrogen-bond acceptors (Lipinski definition) is 2. The smallest absolute Gasteiger partial charge is 0.227 e. The fraction of sp³-hybridized carbons (Fsp3) is 0.611. The number of hydrogen-bond donors (Lipinski definition) is 2. The van der Waals surface area contributed by atoms with Gasteiger partial charge in [-0.25, -0.2) is 0 Å². The molecule has 1 amide bonds. The molecule has 0 radical (unpaired) electrons. The molecule has 3 nitrogen and oxygen atoms in total. The molecule has 0 aliphatic heterocycles. The van der Waals surface area contributed by atoms with Crippen molar-refractivity contribution in [1.82, 2.24) is 0 Å². The molecule has 1 aromatic carbocycles. The summed E-state index contributed by atoms with van der Waals surface area (Å²) in [5.74, 6) is 0.968. The molecule has 3 heteroatoms. The van der Waals surface area contributed by atoms with E-state index in [9.17, 15) is 4.79 Å². The lowest BCUT2D eigenvalue weighted by Gasteiger charge is -2.18. The zero-order valence-electron chi connectivity index (χ0n) is 14.1. The van der Waals surface area contributed by atoms with Gasteiger partial charge >= 0.3 is 0 Å². The molecular formula is C18H30N2O. The molecule has 0 saturated heterocycles. The van der Waals surface area contributed by atoms with E-state index in [2.05, 4.69) is 45.1 Å². The molecule has 0 fully saturated rings. The summed E-state index contributed by atoms with van der Waals surface area (Å²) in [6.07, 6.45) is 1.72. The van der Waals surface area contributed by atoms with E-state index < -0.39 is 0 Å². The Morgan fingerprint density at radius 1 is 1.14 bits per heavy atom. The fourth-order valence-electron chi connectivity index (χ4n) is 2.34. The van der Waals surface area contributed by atoms with Gasteiger partial charge in [0.2, 0.25) is 5.91 Å². The Bertz CT molecular complexity index is 466. The standard InChI is InChI=1S/C18H30N2O/c1-12(2)15-8-9-17(16(11-15)13(3)4)20-18(21)14(5)7-6-10-19/h8-9,11-14H,6-7,10,19H2,1-5H3,(H,20,21). The molecule has 0 bridgehead atoms. The minimum atomic E-state index is -0.00154. The molecule has 0 aromatic heterocycles. The van der Waals surface area contributed by atoms with Crippen molar-refractivity contribution in [1.29, 1.82) is 0 Å². The minimum Gasteiger partial charge on any atom is -0.330 e. The summed E-state index contributed by atoms with van der Waals surface area (Å²) < 4.78 is 0. The lowest BCUT2D eigenvalue weighted by atomic mass is 9.94. The van der Waals surface area contributed by atoms with Crippen LogP contribution in [0.2, 0.25) is 0 Å². The van der Waals surface area contributed by atoms with E-state index >= 15 is 0 Å². The maximum absolute atomic E-state index is 12.3. The van der Waals surface area contributed by atoms with Crippen LogP contribution in [-0.4, -0.2) is 12.5 Å². The molecule has 0 spiro atoms. The number of rotatable bonds is 7. The van der Waals surface area contributed by atoms with Gasteiger partial charge in [-0.15, -0.1) is 0 Å². The van der Waals surface area contributed by atoms with Gasteiger partial charge in [0.25, 0.3) is 0 Å². The van der Waals surface area contributed by atoms with Gasteiger partial charge in [-0.1, -0.05) is 46.8 Å². The summed E-state index contributed by atoms with van der Waals surface area (Å²) >= 11 is 0. The van der Waals surface area contributed by atoms with Crippen LogP contribution in [0, 0.1) is 5.92 Å². The SMILES string of the molecule is CC(CCCN)C(=O)Nc1ccc(C(C)C)cc1C(C)C. The van der Waals surface area contributed by atoms with E-state index in [-0.39, 0.29) is 11.8 Å². The van der Waals surface area contributed by atoms with E-state index in [1.54, 1.807) is 0 Å². The lowest BCUT2D eigenvalue weighted by molar-refractivity contribution is -0.119. The van der Waals surface area contributed by atoms with E-state index in [4.69, 9.17) is 5.73 Å². The van der Waals surface area contributed by atoms with Crippen molar-refractivity contribution in [3.63, 3.8) is 0 Å². The first-order chi connectivity index (χ1) is 9.86. The zero-order chi connectivity index (χ0) is 16.0. The first kappa shape index (κ1) is 17.7. The van der Waals surface area contributed by atoms with E-state index in [0.29, 0.717) is 18.4 Å². The van der Waals surface area contributed by atoms with Gasteiger partial charge in [0.15, 0.2) is 0 Å². The molecule has 0 saturated carbocycles. The fourth-order valence-corrected chi connectivity index (χ4v) is 2.34. The van der Waals surface area contributed by atoms with Crippen molar-refractivity contribution < 1.29 is 4.79 Å². The van der Waals surface area contributed by atoms with Crippen molar-refractivity contribution in [2.24, 2.45) is 11.7 Å². The molecule has 1 rings (SSSR count). The van der Waals surface area contributed by atoms with Crippen LogP contribution in [0.15, 0.2) is 18.2 Å². The average molecular weight is 290 g/mol. The van der Waals surface area contributed by atoms with Crippen molar-refractivity contribution >= 4 is 11.6 Å². The molecule has 3 N–H and O–H groups in total. The third kappa shape index (κ3) is 5.16. The monoisotopic (exact) mass is 290 g/mol. The minimum absolute atomic E-state index is 0.00154. The van der Waals surface area contributed by atoms with E-state index in [1.807, 2.05) is 13.0 Å². The van der Waals surface area contributed by atoms with Gasteiger partial charge in [0.05, 0.1) is 0 Å². The van der Waals surface area contributed by atoms with E-state index in [1.165, 1.54) is 11.1 Å². The topological polar surface area (TPSA) is 55.1 Å². The summed E-state index contributed by atoms with van der Waals surface area (Å²) in [6.45, 7) is 11.3. The van der Waals surface area contributed by atoms with Crippen LogP contribution >= 0.6 is 0 Å². The molecule has 1 unspecified atom stereocenters. The third-order valence-electron chi connectivity index (χ3n) is 3.91. The Morgan fingerprint density at radius 3 is 2.33 bits per heavy atom. The van der Waals surface area contributed by atoms with Crippen molar-refractivity contribution in [2.75, 3.05) is 11.9 Å². The number of nitrogens with one attached hydrogen (secondary N) is 1. The second kappa shape index (κ2) is 8.18. The van der Waals surface area contributed by atoms with Crippen molar-refractivity contribution in [3.05, 3.63) is 29.3 Å². The predicted molar refractivity (Wildman–Crippen MR) is 90.7 cm³/mol. The first-order valence-corrected chi connectivity index (χ1v) is 8.01. The van der Waals surface area contributed by atoms with Gasteiger partial charge in [0.1, 0.15) is 0 Å². The molecule has 0 aliphatic carbocycles. The highest BCUT2D eigenvalue weighted by atomic mass is 16.1. The van der Waals surface area contributed by atoms with Gasteiger partial charge in [-0.2, -0.15) is 0 Å². The average Bonchev–Trinajstić information content (AvgIpc) is 2.44. The molecule has 0 heterocycles. The van der Waals surface area contributed by atoms with E-state index in [0.717, 1.165) is 18.5 Å². The van der Waals surface area contributed by atoms with Crippen LogP contribution < -0.4 is 11.1 Å². The van der Waals surface area contributed by atoms with Gasteiger partial charge in [-0.05, 0) is 48.4 Å². The highest BCUT2D eigenvalue weighted by molar-refractivity contribution is 5.93. The summed E-state index contributed by atoms with van der Waals surface area (Å²) in [7, 11) is 0. The van der Waals surface area contributed by atoms with Crippen LogP contribution in [0.3, 0.4) is 0 Å². The first-order valence-electron chi connectivity index (χ1n) is 8.01. The largest absolute Gasteiger partial charge is 0.330 e. The Kier molecular flexibility index (Phi) is 6.90. The summed E-state index contributed by atoms with van der Waals surface area (Å²) in [5, 5.41) is 3.09. The number of amides is 1. The molecular weight excluding hydrogens is 260 g/mol. The highest BCUT2D eigenvalue weighted by Gasteiger charge is 2.16. The number of carbonyl (C=O) groups is 1. The number of nitrogens with two attached hydrogens (primary N) is 1. The molecule has 21 heavy (non-hydrogen) atoms. The normalized spacial score (nSPS) is 12.8. The quantitative estimate of drug-likeness (QED) is 0.789. The lowest BCUT2D eigenvalue weighted by Crippen LogP contribution is -2.22. The van der Waals surface area contributed by atoms with Crippen LogP contribution in [0.25, 0.3) is 0 Å². The number of benzene rings is 1. The molecule has 1 aromatic rings. The Hall–Kier alpha value is -1.35. The summed E-state index contributed by atoms with van der Waals surface area (Å²) in [4.78, 5) is 12.3. The maximum atomic E-state index is 12.3. The van der Waals surface area contributed by atoms with Crippen LogP contribution in [0.1, 0.15) is 70.4 Å². The van der Waals surface area contributed by atoms with Crippen LogP contribution in [-0.2, 0) is 4.79 Å². The Balaban J connectivity index is 2.89. The Morgan fingerprint density at radius 2 is 1.81 bits per heavy atom. The maximum Gasteiger partial charge on any atom is 0.227 e. The molecule has 0 aliphatic rings. The van der Waals surface area contributed by atoms with Crippen molar-refractivity contribution in [2.45, 2.75) is 59.3 Å². The highest BCUT2D eigenvalue weighted by Crippen LogP contribution is 2.28.